The predicted octanol–water partition coefficient (Wildman–Crippen LogP) is 6.30. The first kappa shape index (κ1) is 23.5. The molecule has 4 nitrogen and oxygen atoms in total. The second-order valence-electron chi connectivity index (χ2n) is 7.23. The summed E-state index contributed by atoms with van der Waals surface area (Å²) in [7, 11) is -1.70. The second kappa shape index (κ2) is 11.4. The van der Waals surface area contributed by atoms with E-state index in [9.17, 15) is 9.36 Å². The maximum Gasteiger partial charge on any atom is 0.353 e. The summed E-state index contributed by atoms with van der Waals surface area (Å²) in [5.74, 6) is -0.445. The number of fused-ring (bicyclic) bond motifs is 1. The molecule has 2 atom stereocenters. The van der Waals surface area contributed by atoms with Crippen molar-refractivity contribution in [3.05, 3.63) is 78.4 Å². The molecule has 31 heavy (non-hydrogen) atoms. The highest BCUT2D eigenvalue weighted by Crippen LogP contribution is 2.38. The van der Waals surface area contributed by atoms with Gasteiger partial charge in [0.05, 0.1) is 6.61 Å². The lowest BCUT2D eigenvalue weighted by molar-refractivity contribution is -0.168. The van der Waals surface area contributed by atoms with Crippen LogP contribution in [0.15, 0.2) is 77.7 Å². The van der Waals surface area contributed by atoms with Gasteiger partial charge in [0.15, 0.2) is 11.7 Å². The zero-order chi connectivity index (χ0) is 22.1. The van der Waals surface area contributed by atoms with Gasteiger partial charge in [-0.2, -0.15) is 0 Å². The van der Waals surface area contributed by atoms with Crippen LogP contribution in [0.4, 0.5) is 0 Å². The van der Waals surface area contributed by atoms with Crippen molar-refractivity contribution in [2.24, 2.45) is 0 Å². The van der Waals surface area contributed by atoms with Gasteiger partial charge in [-0.25, -0.2) is 4.79 Å². The van der Waals surface area contributed by atoms with Gasteiger partial charge in [-0.05, 0) is 42.3 Å². The minimum absolute atomic E-state index is 0.129. The van der Waals surface area contributed by atoms with Crippen molar-refractivity contribution in [2.75, 3.05) is 24.9 Å². The first-order valence-electron chi connectivity index (χ1n) is 10.4. The fourth-order valence-electron chi connectivity index (χ4n) is 3.55. The molecule has 0 N–H and O–H groups in total. The standard InChI is InChI=1S/C25H28O4PS/c1-3-28-24(26)25(29-4-2,17-20-10-6-5-7-11-20)18-30(27)19-31-23-15-14-21-12-8-9-13-22(21)16-23/h5-16H,3-4,17-19H2,1-2H3/q+1. The molecule has 6 heteroatoms. The molecule has 0 radical (unpaired) electrons. The summed E-state index contributed by atoms with van der Waals surface area (Å²) >= 11 is 1.54. The number of carbonyl (C=O) groups excluding carboxylic acids is 1. The van der Waals surface area contributed by atoms with Crippen molar-refractivity contribution in [3.63, 3.8) is 0 Å². The fourth-order valence-corrected chi connectivity index (χ4v) is 6.36. The fraction of sp³-hybridized carbons (Fsp3) is 0.320. The number of benzene rings is 3. The smallest absolute Gasteiger partial charge is 0.353 e. The van der Waals surface area contributed by atoms with Gasteiger partial charge in [-0.1, -0.05) is 77.0 Å². The Labute approximate surface area is 189 Å². The SMILES string of the molecule is CCOC(=O)C(Cc1ccccc1)(C[P+](=O)CSc1ccc2ccccc2c1)OCC. The Kier molecular flexibility index (Phi) is 8.65. The molecule has 0 fully saturated rings. The molecule has 0 heterocycles. The van der Waals surface area contributed by atoms with E-state index >= 15 is 0 Å². The molecule has 3 aromatic carbocycles. The molecule has 2 unspecified atom stereocenters. The second-order valence-corrected chi connectivity index (χ2v) is 10.3. The summed E-state index contributed by atoms with van der Waals surface area (Å²) in [5.41, 5.74) is 0.120. The van der Waals surface area contributed by atoms with Crippen molar-refractivity contribution < 1.29 is 18.8 Å². The summed E-state index contributed by atoms with van der Waals surface area (Å²) in [5, 5.41) is 2.33. The Morgan fingerprint density at radius 2 is 1.65 bits per heavy atom. The van der Waals surface area contributed by atoms with Gasteiger partial charge in [-0.3, -0.25) is 0 Å². The summed E-state index contributed by atoms with van der Waals surface area (Å²) in [4.78, 5) is 14.0. The van der Waals surface area contributed by atoms with Crippen LogP contribution in [0.3, 0.4) is 0 Å². The topological polar surface area (TPSA) is 52.6 Å². The summed E-state index contributed by atoms with van der Waals surface area (Å²) in [6.45, 7) is 4.21. The third-order valence-electron chi connectivity index (χ3n) is 4.93. The van der Waals surface area contributed by atoms with Crippen LogP contribution in [-0.4, -0.2) is 36.4 Å². The van der Waals surface area contributed by atoms with E-state index in [0.717, 1.165) is 15.8 Å². The number of rotatable bonds is 11. The summed E-state index contributed by atoms with van der Waals surface area (Å²) in [6, 6.07) is 24.1. The zero-order valence-electron chi connectivity index (χ0n) is 18.0. The maximum atomic E-state index is 13.1. The molecule has 0 saturated carbocycles. The third-order valence-corrected chi connectivity index (χ3v) is 8.05. The monoisotopic (exact) mass is 455 g/mol. The van der Waals surface area contributed by atoms with Crippen molar-refractivity contribution in [1.29, 1.82) is 0 Å². The minimum Gasteiger partial charge on any atom is -0.464 e. The average Bonchev–Trinajstić information content (AvgIpc) is 2.78. The average molecular weight is 456 g/mol. The maximum absolute atomic E-state index is 13.1. The van der Waals surface area contributed by atoms with E-state index < -0.39 is 19.4 Å². The number of hydrogen-bond acceptors (Lipinski definition) is 5. The molecular formula is C25H28O4PS+. The molecule has 0 aliphatic carbocycles. The third kappa shape index (κ3) is 6.39. The number of thioether (sulfide) groups is 1. The Hall–Kier alpha value is -2.20. The van der Waals surface area contributed by atoms with Gasteiger partial charge in [0.1, 0.15) is 0 Å². The molecule has 0 aliphatic heterocycles. The van der Waals surface area contributed by atoms with Crippen LogP contribution in [0.25, 0.3) is 10.8 Å². The number of esters is 1. The van der Waals surface area contributed by atoms with Gasteiger partial charge >= 0.3 is 13.8 Å². The van der Waals surface area contributed by atoms with Crippen LogP contribution >= 0.6 is 19.6 Å². The normalized spacial score (nSPS) is 13.5. The largest absolute Gasteiger partial charge is 0.464 e. The lowest BCUT2D eigenvalue weighted by atomic mass is 9.96. The van der Waals surface area contributed by atoms with Crippen LogP contribution in [0.1, 0.15) is 19.4 Å². The van der Waals surface area contributed by atoms with Gasteiger partial charge in [0, 0.05) is 17.9 Å². The van der Waals surface area contributed by atoms with Crippen molar-refractivity contribution in [3.8, 4) is 0 Å². The van der Waals surface area contributed by atoms with Gasteiger partial charge < -0.3 is 9.47 Å². The van der Waals surface area contributed by atoms with Crippen LogP contribution in [0.5, 0.6) is 0 Å². The lowest BCUT2D eigenvalue weighted by Gasteiger charge is -2.27. The van der Waals surface area contributed by atoms with Crippen molar-refractivity contribution >= 4 is 36.3 Å². The first-order valence-corrected chi connectivity index (χ1v) is 13.1. The molecule has 0 amide bonds. The van der Waals surface area contributed by atoms with Gasteiger partial charge in [-0.15, -0.1) is 0 Å². The Bertz CT molecular complexity index is 1020. The van der Waals surface area contributed by atoms with E-state index in [0.29, 0.717) is 18.5 Å². The zero-order valence-corrected chi connectivity index (χ0v) is 19.7. The van der Waals surface area contributed by atoms with Gasteiger partial charge in [0.25, 0.3) is 0 Å². The molecule has 3 aromatic rings. The number of hydrogen-bond donors (Lipinski definition) is 0. The summed E-state index contributed by atoms with van der Waals surface area (Å²) < 4.78 is 24.4. The van der Waals surface area contributed by atoms with E-state index in [1.54, 1.807) is 18.7 Å². The molecule has 0 aromatic heterocycles. The lowest BCUT2D eigenvalue weighted by Crippen LogP contribution is -2.47. The van der Waals surface area contributed by atoms with Crippen LogP contribution in [0.2, 0.25) is 0 Å². The minimum atomic E-state index is -1.70. The van der Waals surface area contributed by atoms with Crippen LogP contribution in [-0.2, 0) is 25.3 Å². The van der Waals surface area contributed by atoms with Crippen LogP contribution < -0.4 is 0 Å². The molecule has 0 aliphatic rings. The molecular weight excluding hydrogens is 427 g/mol. The summed E-state index contributed by atoms with van der Waals surface area (Å²) in [6.07, 6.45) is 0.465. The Balaban J connectivity index is 1.74. The highest BCUT2D eigenvalue weighted by molar-refractivity contribution is 8.03. The Morgan fingerprint density at radius 3 is 2.35 bits per heavy atom. The number of carbonyl (C=O) groups is 1. The molecule has 0 spiro atoms. The van der Waals surface area contributed by atoms with E-state index in [-0.39, 0.29) is 12.8 Å². The Morgan fingerprint density at radius 1 is 0.935 bits per heavy atom. The van der Waals surface area contributed by atoms with E-state index in [1.807, 2.05) is 55.5 Å². The van der Waals surface area contributed by atoms with Crippen molar-refractivity contribution in [1.82, 2.24) is 0 Å². The molecule has 0 saturated heterocycles. The molecule has 0 bridgehead atoms. The first-order chi connectivity index (χ1) is 15.1. The highest BCUT2D eigenvalue weighted by atomic mass is 32.2. The van der Waals surface area contributed by atoms with E-state index in [1.165, 1.54) is 5.39 Å². The highest BCUT2D eigenvalue weighted by Gasteiger charge is 2.48. The van der Waals surface area contributed by atoms with E-state index in [4.69, 9.17) is 9.47 Å². The van der Waals surface area contributed by atoms with Gasteiger partial charge in [0.2, 0.25) is 5.60 Å². The molecule has 3 rings (SSSR count). The number of ether oxygens (including phenoxy) is 2. The van der Waals surface area contributed by atoms with Crippen LogP contribution in [0, 0.1) is 0 Å². The molecule has 162 valence electrons. The quantitative estimate of drug-likeness (QED) is 0.193. The predicted molar refractivity (Wildman–Crippen MR) is 128 cm³/mol. The van der Waals surface area contributed by atoms with Crippen molar-refractivity contribution in [2.45, 2.75) is 30.8 Å². The van der Waals surface area contributed by atoms with E-state index in [2.05, 4.69) is 24.3 Å².